The zero-order chi connectivity index (χ0) is 10.5. The van der Waals surface area contributed by atoms with Crippen LogP contribution in [0.15, 0.2) is 36.4 Å². The molecule has 0 aliphatic carbocycles. The summed E-state index contributed by atoms with van der Waals surface area (Å²) in [5.41, 5.74) is 0. The minimum absolute atomic E-state index is 0.889. The Labute approximate surface area is 84.3 Å². The monoisotopic (exact) mass is 193 g/mol. The van der Waals surface area contributed by atoms with Crippen LogP contribution in [-0.2, 0) is 4.74 Å². The number of morpholine rings is 1. The van der Waals surface area contributed by atoms with Crippen LogP contribution in [0.5, 0.6) is 0 Å². The molecule has 0 aromatic heterocycles. The van der Waals surface area contributed by atoms with Crippen molar-refractivity contribution in [2.75, 3.05) is 26.3 Å². The lowest BCUT2D eigenvalue weighted by atomic mass is 10.4. The normalized spacial score (nSPS) is 13.9. The predicted octanol–water partition coefficient (Wildman–Crippen LogP) is 1.32. The second-order valence-corrected chi connectivity index (χ2v) is 2.52. The quantitative estimate of drug-likeness (QED) is 0.631. The van der Waals surface area contributed by atoms with Gasteiger partial charge in [0, 0.05) is 23.9 Å². The molecule has 0 bridgehead atoms. The summed E-state index contributed by atoms with van der Waals surface area (Å²) in [6, 6.07) is 12.0. The van der Waals surface area contributed by atoms with Gasteiger partial charge in [-0.2, -0.15) is 0 Å². The van der Waals surface area contributed by atoms with E-state index in [-0.39, 0.29) is 0 Å². The average Bonchev–Trinajstić information content (AvgIpc) is 2.37. The summed E-state index contributed by atoms with van der Waals surface area (Å²) < 4.78 is 5.01. The van der Waals surface area contributed by atoms with Crippen molar-refractivity contribution in [2.24, 2.45) is 0 Å². The minimum Gasteiger partial charge on any atom is -0.379 e. The first-order valence-electron chi connectivity index (χ1n) is 4.48. The van der Waals surface area contributed by atoms with E-state index in [0.29, 0.717) is 0 Å². The van der Waals surface area contributed by atoms with E-state index < -0.39 is 0 Å². The summed E-state index contributed by atoms with van der Waals surface area (Å²) in [6.07, 6.45) is 0. The van der Waals surface area contributed by atoms with Gasteiger partial charge >= 0.3 is 0 Å². The Morgan fingerprint density at radius 1 is 0.786 bits per heavy atom. The van der Waals surface area contributed by atoms with Crippen molar-refractivity contribution in [2.45, 2.75) is 0 Å². The van der Waals surface area contributed by atoms with Crippen LogP contribution in [0.2, 0.25) is 0 Å². The van der Waals surface area contributed by atoms with Crippen molar-refractivity contribution in [1.29, 1.82) is 10.8 Å². The standard InChI is InChI=1S/C6H6.C4H9NO.N2/c1-2-4-6-5-3-1;1-3-6-4-2-5-1;1-2/h1-6H;5H,1-4H2;. The first-order chi connectivity index (χ1) is 7.00. The Morgan fingerprint density at radius 2 is 1.14 bits per heavy atom. The topological polar surface area (TPSA) is 68.8 Å². The van der Waals surface area contributed by atoms with Gasteiger partial charge in [-0.1, -0.05) is 36.4 Å². The van der Waals surface area contributed by atoms with Crippen molar-refractivity contribution in [1.82, 2.24) is 5.32 Å². The summed E-state index contributed by atoms with van der Waals surface area (Å²) in [6.45, 7) is 3.83. The second-order valence-electron chi connectivity index (χ2n) is 2.52. The molecule has 0 saturated carbocycles. The molecule has 76 valence electrons. The zero-order valence-electron chi connectivity index (χ0n) is 8.10. The number of rotatable bonds is 0. The van der Waals surface area contributed by atoms with E-state index in [0.717, 1.165) is 26.3 Å². The van der Waals surface area contributed by atoms with Gasteiger partial charge in [0.05, 0.1) is 13.2 Å². The van der Waals surface area contributed by atoms with E-state index in [1.165, 1.54) is 0 Å². The van der Waals surface area contributed by atoms with E-state index in [1.807, 2.05) is 36.4 Å². The summed E-state index contributed by atoms with van der Waals surface area (Å²) in [7, 11) is 0. The molecule has 0 atom stereocenters. The highest BCUT2D eigenvalue weighted by atomic mass is 16.5. The number of benzene rings is 1. The molecule has 1 aromatic carbocycles. The van der Waals surface area contributed by atoms with E-state index >= 15 is 0 Å². The van der Waals surface area contributed by atoms with Gasteiger partial charge in [0.2, 0.25) is 0 Å². The average molecular weight is 193 g/mol. The smallest absolute Gasteiger partial charge is 0.0591 e. The maximum absolute atomic E-state index is 6.00. The first kappa shape index (κ1) is 12.6. The second kappa shape index (κ2) is 11.6. The van der Waals surface area contributed by atoms with Crippen molar-refractivity contribution in [3.05, 3.63) is 36.4 Å². The molecule has 14 heavy (non-hydrogen) atoms. The molecule has 4 nitrogen and oxygen atoms in total. The van der Waals surface area contributed by atoms with E-state index in [1.54, 1.807) is 0 Å². The third-order valence-corrected chi connectivity index (χ3v) is 1.51. The van der Waals surface area contributed by atoms with Crippen molar-refractivity contribution < 1.29 is 4.74 Å². The molecule has 4 heteroatoms. The maximum Gasteiger partial charge on any atom is 0.0591 e. The van der Waals surface area contributed by atoms with Gasteiger partial charge in [0.15, 0.2) is 0 Å². The van der Waals surface area contributed by atoms with Crippen LogP contribution in [0.4, 0.5) is 0 Å². The van der Waals surface area contributed by atoms with E-state index in [9.17, 15) is 0 Å². The van der Waals surface area contributed by atoms with Gasteiger partial charge < -0.3 is 10.1 Å². The van der Waals surface area contributed by atoms with Crippen molar-refractivity contribution in [3.63, 3.8) is 0 Å². The Hall–Kier alpha value is -1.44. The minimum atomic E-state index is 0.889. The lowest BCUT2D eigenvalue weighted by molar-refractivity contribution is 0.109. The zero-order valence-corrected chi connectivity index (χ0v) is 8.10. The van der Waals surface area contributed by atoms with Crippen LogP contribution >= 0.6 is 0 Å². The van der Waals surface area contributed by atoms with Crippen molar-refractivity contribution >= 4 is 0 Å². The highest BCUT2D eigenvalue weighted by Crippen LogP contribution is 1.80. The Morgan fingerprint density at radius 3 is 1.29 bits per heavy atom. The molecule has 1 fully saturated rings. The van der Waals surface area contributed by atoms with E-state index in [4.69, 9.17) is 15.5 Å². The molecule has 0 radical (unpaired) electrons. The molecular formula is C10H15N3O. The van der Waals surface area contributed by atoms with Gasteiger partial charge in [0.25, 0.3) is 0 Å². The van der Waals surface area contributed by atoms with Crippen LogP contribution in [0.3, 0.4) is 0 Å². The molecule has 0 amide bonds. The lowest BCUT2D eigenvalue weighted by Crippen LogP contribution is -2.30. The van der Waals surface area contributed by atoms with Gasteiger partial charge in [-0.05, 0) is 0 Å². The highest BCUT2D eigenvalue weighted by molar-refractivity contribution is 4.99. The molecular weight excluding hydrogens is 178 g/mol. The molecule has 1 heterocycles. The molecule has 0 spiro atoms. The number of hydrogen-bond acceptors (Lipinski definition) is 4. The van der Waals surface area contributed by atoms with Crippen LogP contribution < -0.4 is 5.32 Å². The number of ether oxygens (including phenoxy) is 1. The molecule has 1 saturated heterocycles. The van der Waals surface area contributed by atoms with Gasteiger partial charge in [-0.3, -0.25) is 0 Å². The predicted molar refractivity (Wildman–Crippen MR) is 53.6 cm³/mol. The Kier molecular flexibility index (Phi) is 10.4. The fourth-order valence-electron chi connectivity index (χ4n) is 0.901. The highest BCUT2D eigenvalue weighted by Gasteiger charge is 1.92. The number of nitrogens with zero attached hydrogens (tertiary/aromatic N) is 2. The molecule has 0 unspecified atom stereocenters. The number of nitrogens with one attached hydrogen (secondary N) is 1. The van der Waals surface area contributed by atoms with Crippen LogP contribution in [0.1, 0.15) is 0 Å². The summed E-state index contributed by atoms with van der Waals surface area (Å²) in [5, 5.41) is 15.2. The molecule has 1 aromatic rings. The maximum atomic E-state index is 6.00. The largest absolute Gasteiger partial charge is 0.379 e. The van der Waals surface area contributed by atoms with Gasteiger partial charge in [-0.25, -0.2) is 0 Å². The van der Waals surface area contributed by atoms with Crippen LogP contribution in [-0.4, -0.2) is 26.3 Å². The molecule has 1 N–H and O–H groups in total. The Bertz CT molecular complexity index is 171. The summed E-state index contributed by atoms with van der Waals surface area (Å²) in [4.78, 5) is 0. The fourth-order valence-corrected chi connectivity index (χ4v) is 0.901. The SMILES string of the molecule is C1COCCN1.N#N.c1ccccc1. The van der Waals surface area contributed by atoms with Gasteiger partial charge in [0.1, 0.15) is 0 Å². The molecule has 1 aliphatic heterocycles. The third-order valence-electron chi connectivity index (χ3n) is 1.51. The first-order valence-corrected chi connectivity index (χ1v) is 4.48. The summed E-state index contributed by atoms with van der Waals surface area (Å²) >= 11 is 0. The molecule has 1 aliphatic rings. The van der Waals surface area contributed by atoms with Crippen LogP contribution in [0, 0.1) is 10.8 Å². The van der Waals surface area contributed by atoms with Crippen LogP contribution in [0.25, 0.3) is 0 Å². The number of hydrogen-bond donors (Lipinski definition) is 1. The fraction of sp³-hybridized carbons (Fsp3) is 0.400. The molecule has 2 rings (SSSR count). The Balaban J connectivity index is 0.000000206. The van der Waals surface area contributed by atoms with Crippen molar-refractivity contribution in [3.8, 4) is 0 Å². The van der Waals surface area contributed by atoms with E-state index in [2.05, 4.69) is 5.32 Å². The van der Waals surface area contributed by atoms with Gasteiger partial charge in [-0.15, -0.1) is 0 Å². The third kappa shape index (κ3) is 8.65. The summed E-state index contributed by atoms with van der Waals surface area (Å²) in [5.74, 6) is 0. The lowest BCUT2D eigenvalue weighted by Gasteiger charge is -2.10.